The summed E-state index contributed by atoms with van der Waals surface area (Å²) in [6, 6.07) is 21.8. The molecular formula is C28H32N4O3. The fraction of sp³-hybridized carbons (Fsp3) is 0.357. The van der Waals surface area contributed by atoms with Gasteiger partial charge in [-0.1, -0.05) is 48.5 Å². The number of aryl methyl sites for hydroxylation is 1. The van der Waals surface area contributed by atoms with Gasteiger partial charge in [-0.2, -0.15) is 0 Å². The van der Waals surface area contributed by atoms with Crippen molar-refractivity contribution in [2.24, 2.45) is 0 Å². The van der Waals surface area contributed by atoms with Crippen LogP contribution in [0.4, 0.5) is 5.69 Å². The number of aliphatic hydroxyl groups excluding tert-OH is 1. The van der Waals surface area contributed by atoms with E-state index in [-0.39, 0.29) is 11.7 Å². The molecule has 1 N–H and O–H groups in total. The predicted octanol–water partition coefficient (Wildman–Crippen LogP) is 3.25. The number of amides is 1. The number of piperazine rings is 1. The fourth-order valence-electron chi connectivity index (χ4n) is 5.08. The Morgan fingerprint density at radius 1 is 0.857 bits per heavy atom. The third-order valence-electron chi connectivity index (χ3n) is 7.01. The van der Waals surface area contributed by atoms with E-state index >= 15 is 0 Å². The first kappa shape index (κ1) is 23.3. The molecule has 2 aliphatic heterocycles. The molecule has 1 unspecified atom stereocenters. The summed E-state index contributed by atoms with van der Waals surface area (Å²) in [5.74, 6) is -0.0636. The number of benzene rings is 2. The summed E-state index contributed by atoms with van der Waals surface area (Å²) >= 11 is 0. The number of anilines is 1. The second-order valence-corrected chi connectivity index (χ2v) is 9.31. The second-order valence-electron chi connectivity index (χ2n) is 9.31. The molecule has 35 heavy (non-hydrogen) atoms. The number of aromatic nitrogens is 1. The Balaban J connectivity index is 1.21. The molecule has 1 fully saturated rings. The van der Waals surface area contributed by atoms with E-state index in [1.165, 1.54) is 0 Å². The molecule has 0 saturated carbocycles. The van der Waals surface area contributed by atoms with Crippen LogP contribution in [0.25, 0.3) is 0 Å². The lowest BCUT2D eigenvalue weighted by atomic mass is 10.1. The zero-order valence-corrected chi connectivity index (χ0v) is 19.9. The second kappa shape index (κ2) is 10.5. The van der Waals surface area contributed by atoms with Gasteiger partial charge in [0.25, 0.3) is 5.91 Å². The summed E-state index contributed by atoms with van der Waals surface area (Å²) in [7, 11) is 0. The SMILES string of the molecule is O=C1CCN(Cc2ccccc2)C(=O)c2c1ccn2CCCN1CCN(c2ccccc2)CC1O. The molecule has 1 saturated heterocycles. The number of fused-ring (bicyclic) bond motifs is 1. The lowest BCUT2D eigenvalue weighted by molar-refractivity contribution is -0.00460. The van der Waals surface area contributed by atoms with Gasteiger partial charge >= 0.3 is 0 Å². The number of nitrogens with zero attached hydrogens (tertiary/aromatic N) is 4. The number of rotatable bonds is 7. The highest BCUT2D eigenvalue weighted by molar-refractivity contribution is 6.09. The number of hydrogen-bond donors (Lipinski definition) is 1. The number of ketones is 1. The number of aliphatic hydroxyl groups is 1. The van der Waals surface area contributed by atoms with Crippen LogP contribution in [-0.2, 0) is 13.1 Å². The van der Waals surface area contributed by atoms with Gasteiger partial charge in [0.15, 0.2) is 5.78 Å². The third kappa shape index (κ3) is 5.16. The van der Waals surface area contributed by atoms with Gasteiger partial charge in [0, 0.05) is 63.1 Å². The average Bonchev–Trinajstić information content (AvgIpc) is 3.27. The number of Topliss-reactive ketones (excluding diaryl/α,β-unsaturated/α-hetero) is 1. The van der Waals surface area contributed by atoms with Crippen molar-refractivity contribution in [1.29, 1.82) is 0 Å². The third-order valence-corrected chi connectivity index (χ3v) is 7.01. The van der Waals surface area contributed by atoms with E-state index in [4.69, 9.17) is 0 Å². The summed E-state index contributed by atoms with van der Waals surface area (Å²) in [6.07, 6.45) is 2.45. The van der Waals surface area contributed by atoms with Crippen LogP contribution in [0.3, 0.4) is 0 Å². The van der Waals surface area contributed by atoms with Crippen molar-refractivity contribution in [3.63, 3.8) is 0 Å². The summed E-state index contributed by atoms with van der Waals surface area (Å²) in [5, 5.41) is 10.7. The van der Waals surface area contributed by atoms with E-state index in [2.05, 4.69) is 21.9 Å². The summed E-state index contributed by atoms with van der Waals surface area (Å²) in [6.45, 7) is 4.49. The fourth-order valence-corrected chi connectivity index (χ4v) is 5.08. The zero-order valence-electron chi connectivity index (χ0n) is 19.9. The molecule has 0 aliphatic carbocycles. The normalized spacial score (nSPS) is 19.1. The van der Waals surface area contributed by atoms with Crippen molar-refractivity contribution >= 4 is 17.4 Å². The van der Waals surface area contributed by atoms with Gasteiger partial charge in [0.2, 0.25) is 0 Å². The highest BCUT2D eigenvalue weighted by Crippen LogP contribution is 2.23. The highest BCUT2D eigenvalue weighted by Gasteiger charge is 2.30. The Kier molecular flexibility index (Phi) is 6.97. The quantitative estimate of drug-likeness (QED) is 0.572. The van der Waals surface area contributed by atoms with Crippen LogP contribution in [0.5, 0.6) is 0 Å². The van der Waals surface area contributed by atoms with Crippen LogP contribution < -0.4 is 4.90 Å². The van der Waals surface area contributed by atoms with E-state index in [0.29, 0.717) is 43.9 Å². The largest absolute Gasteiger partial charge is 0.376 e. The Labute approximate surface area is 206 Å². The lowest BCUT2D eigenvalue weighted by Gasteiger charge is -2.40. The van der Waals surface area contributed by atoms with Crippen molar-refractivity contribution < 1.29 is 14.7 Å². The van der Waals surface area contributed by atoms with Gasteiger partial charge in [0.1, 0.15) is 11.9 Å². The number of hydrogen-bond acceptors (Lipinski definition) is 5. The molecule has 1 aromatic heterocycles. The summed E-state index contributed by atoms with van der Waals surface area (Å²) in [4.78, 5) is 32.3. The van der Waals surface area contributed by atoms with Gasteiger partial charge in [-0.25, -0.2) is 0 Å². The molecule has 3 heterocycles. The van der Waals surface area contributed by atoms with Crippen LogP contribution in [0.1, 0.15) is 39.3 Å². The van der Waals surface area contributed by atoms with Crippen molar-refractivity contribution in [3.8, 4) is 0 Å². The molecule has 2 aliphatic rings. The van der Waals surface area contributed by atoms with E-state index in [0.717, 1.165) is 37.3 Å². The first-order valence-electron chi connectivity index (χ1n) is 12.4. The van der Waals surface area contributed by atoms with Crippen LogP contribution in [0, 0.1) is 0 Å². The molecule has 182 valence electrons. The topological polar surface area (TPSA) is 69.0 Å². The number of carbonyl (C=O) groups is 2. The molecule has 1 atom stereocenters. The number of carbonyl (C=O) groups excluding carboxylic acids is 2. The first-order chi connectivity index (χ1) is 17.1. The Morgan fingerprint density at radius 3 is 2.34 bits per heavy atom. The average molecular weight is 473 g/mol. The van der Waals surface area contributed by atoms with E-state index in [1.54, 1.807) is 11.0 Å². The van der Waals surface area contributed by atoms with E-state index < -0.39 is 6.23 Å². The predicted molar refractivity (Wildman–Crippen MR) is 135 cm³/mol. The standard InChI is InChI=1S/C28H32N4O3/c33-25-13-17-32(20-22-8-3-1-4-9-22)28(35)27-24(25)12-16-30(27)15-7-14-29-18-19-31(21-26(29)34)23-10-5-2-6-11-23/h1-6,8-12,16,26,34H,7,13-15,17-21H2. The van der Waals surface area contributed by atoms with Crippen molar-refractivity contribution in [2.75, 3.05) is 37.6 Å². The molecular weight excluding hydrogens is 440 g/mol. The molecule has 7 heteroatoms. The Bertz CT molecular complexity index is 1160. The van der Waals surface area contributed by atoms with Crippen LogP contribution >= 0.6 is 0 Å². The summed E-state index contributed by atoms with van der Waals surface area (Å²) < 4.78 is 1.92. The minimum atomic E-state index is -0.532. The van der Waals surface area contributed by atoms with E-state index in [9.17, 15) is 14.7 Å². The molecule has 5 rings (SSSR count). The van der Waals surface area contributed by atoms with Crippen molar-refractivity contribution in [3.05, 3.63) is 89.7 Å². The molecule has 7 nitrogen and oxygen atoms in total. The monoisotopic (exact) mass is 472 g/mol. The first-order valence-corrected chi connectivity index (χ1v) is 12.4. The molecule has 0 bridgehead atoms. The van der Waals surface area contributed by atoms with Gasteiger partial charge in [-0.05, 0) is 30.2 Å². The van der Waals surface area contributed by atoms with Crippen LogP contribution in [-0.4, -0.2) is 70.1 Å². The maximum absolute atomic E-state index is 13.5. The molecule has 3 aromatic rings. The van der Waals surface area contributed by atoms with Crippen LogP contribution in [0.15, 0.2) is 72.9 Å². The van der Waals surface area contributed by atoms with Gasteiger partial charge in [-0.15, -0.1) is 0 Å². The minimum absolute atomic E-state index is 0.0233. The maximum atomic E-state index is 13.5. The lowest BCUT2D eigenvalue weighted by Crippen LogP contribution is -2.53. The maximum Gasteiger partial charge on any atom is 0.271 e. The van der Waals surface area contributed by atoms with E-state index in [1.807, 2.05) is 59.3 Å². The smallest absolute Gasteiger partial charge is 0.271 e. The Hall–Kier alpha value is -3.42. The minimum Gasteiger partial charge on any atom is -0.376 e. The molecule has 0 spiro atoms. The van der Waals surface area contributed by atoms with Gasteiger partial charge in [0.05, 0.1) is 6.54 Å². The Morgan fingerprint density at radius 2 is 1.60 bits per heavy atom. The molecule has 1 amide bonds. The number of para-hydroxylation sites is 1. The van der Waals surface area contributed by atoms with Gasteiger partial charge < -0.3 is 19.5 Å². The molecule has 2 aromatic carbocycles. The zero-order chi connectivity index (χ0) is 24.2. The summed E-state index contributed by atoms with van der Waals surface area (Å²) in [5.41, 5.74) is 3.21. The van der Waals surface area contributed by atoms with Gasteiger partial charge in [-0.3, -0.25) is 14.5 Å². The van der Waals surface area contributed by atoms with Crippen molar-refractivity contribution in [1.82, 2.24) is 14.4 Å². The van der Waals surface area contributed by atoms with Crippen LogP contribution in [0.2, 0.25) is 0 Å². The number of β-amino-alcohol motifs (C(OH)–C–C–N with tert-alkyl or cyclic N) is 1. The highest BCUT2D eigenvalue weighted by atomic mass is 16.3. The van der Waals surface area contributed by atoms with Crippen molar-refractivity contribution in [2.45, 2.75) is 32.2 Å². The molecule has 0 radical (unpaired) electrons.